The molecular weight excluding hydrogens is 240 g/mol. The fraction of sp³-hybridized carbons (Fsp3) is 0.917. The number of carbonyl (C=O) groups is 1. The number of amides is 1. The number of rotatable bonds is 2. The topological polar surface area (TPSA) is 41.6 Å². The molecule has 2 rings (SSSR count). The number of nitrogens with one attached hydrogen (secondary N) is 1. The zero-order valence-electron chi connectivity index (χ0n) is 10.5. The summed E-state index contributed by atoms with van der Waals surface area (Å²) >= 11 is 0. The number of nitrogens with zero attached hydrogens (tertiary/aromatic N) is 1. The van der Waals surface area contributed by atoms with Crippen molar-refractivity contribution in [3.05, 3.63) is 0 Å². The molecule has 0 spiro atoms. The normalized spacial score (nSPS) is 29.6. The number of hydrogen-bond donors (Lipinski definition) is 1. The van der Waals surface area contributed by atoms with Crippen LogP contribution in [0.15, 0.2) is 0 Å². The van der Waals surface area contributed by atoms with Crippen LogP contribution >= 0.6 is 12.4 Å². The minimum absolute atomic E-state index is 0. The monoisotopic (exact) mass is 262 g/mol. The summed E-state index contributed by atoms with van der Waals surface area (Å²) in [5.74, 6) is 0.264. The predicted octanol–water partition coefficient (Wildman–Crippen LogP) is 1.19. The van der Waals surface area contributed by atoms with Gasteiger partial charge in [0.05, 0.1) is 12.5 Å². The molecule has 1 amide bonds. The second-order valence-corrected chi connectivity index (χ2v) is 4.89. The van der Waals surface area contributed by atoms with Gasteiger partial charge in [-0.05, 0) is 26.2 Å². The molecule has 2 fully saturated rings. The van der Waals surface area contributed by atoms with Gasteiger partial charge in [-0.1, -0.05) is 0 Å². The SMILES string of the molecule is C[C@H]1CN(C(=O)CC2CCCCO2)CCN1.Cl. The van der Waals surface area contributed by atoms with Gasteiger partial charge in [-0.3, -0.25) is 4.79 Å². The van der Waals surface area contributed by atoms with E-state index in [0.717, 1.165) is 39.1 Å². The Hall–Kier alpha value is -0.320. The maximum Gasteiger partial charge on any atom is 0.225 e. The summed E-state index contributed by atoms with van der Waals surface area (Å²) in [4.78, 5) is 14.0. The van der Waals surface area contributed by atoms with Crippen molar-refractivity contribution in [3.8, 4) is 0 Å². The Morgan fingerprint density at radius 2 is 2.29 bits per heavy atom. The average Bonchev–Trinajstić information content (AvgIpc) is 2.30. The first-order chi connectivity index (χ1) is 7.75. The van der Waals surface area contributed by atoms with Gasteiger partial charge in [-0.2, -0.15) is 0 Å². The molecule has 2 aliphatic heterocycles. The molecule has 0 aromatic rings. The van der Waals surface area contributed by atoms with Crippen LogP contribution in [0.5, 0.6) is 0 Å². The molecule has 17 heavy (non-hydrogen) atoms. The van der Waals surface area contributed by atoms with Crippen LogP contribution in [-0.4, -0.2) is 49.2 Å². The first-order valence-electron chi connectivity index (χ1n) is 6.38. The highest BCUT2D eigenvalue weighted by molar-refractivity contribution is 5.85. The lowest BCUT2D eigenvalue weighted by atomic mass is 10.1. The molecule has 1 unspecified atom stereocenters. The predicted molar refractivity (Wildman–Crippen MR) is 69.5 cm³/mol. The van der Waals surface area contributed by atoms with Gasteiger partial charge in [-0.25, -0.2) is 0 Å². The van der Waals surface area contributed by atoms with Crippen LogP contribution in [0.4, 0.5) is 0 Å². The van der Waals surface area contributed by atoms with Crippen LogP contribution in [0.1, 0.15) is 32.6 Å². The highest BCUT2D eigenvalue weighted by atomic mass is 35.5. The fourth-order valence-corrected chi connectivity index (χ4v) is 2.45. The number of halogens is 1. The largest absolute Gasteiger partial charge is 0.378 e. The summed E-state index contributed by atoms with van der Waals surface area (Å²) in [6.45, 7) is 5.55. The maximum atomic E-state index is 12.0. The summed E-state index contributed by atoms with van der Waals surface area (Å²) in [5, 5.41) is 3.35. The van der Waals surface area contributed by atoms with E-state index in [4.69, 9.17) is 4.74 Å². The molecule has 4 nitrogen and oxygen atoms in total. The van der Waals surface area contributed by atoms with Crippen LogP contribution < -0.4 is 5.32 Å². The van der Waals surface area contributed by atoms with Gasteiger partial charge in [0, 0.05) is 32.3 Å². The number of piperazine rings is 1. The first kappa shape index (κ1) is 14.7. The molecule has 0 aromatic heterocycles. The van der Waals surface area contributed by atoms with E-state index in [2.05, 4.69) is 12.2 Å². The van der Waals surface area contributed by atoms with Crippen molar-refractivity contribution in [2.24, 2.45) is 0 Å². The molecule has 0 saturated carbocycles. The third-order valence-corrected chi connectivity index (χ3v) is 3.40. The maximum absolute atomic E-state index is 12.0. The van der Waals surface area contributed by atoms with Gasteiger partial charge in [0.1, 0.15) is 0 Å². The Balaban J connectivity index is 0.00000144. The second-order valence-electron chi connectivity index (χ2n) is 4.89. The van der Waals surface area contributed by atoms with E-state index in [9.17, 15) is 4.79 Å². The summed E-state index contributed by atoms with van der Waals surface area (Å²) in [7, 11) is 0. The van der Waals surface area contributed by atoms with Crippen LogP contribution in [0, 0.1) is 0 Å². The standard InChI is InChI=1S/C12H22N2O2.ClH/c1-10-9-14(6-5-13-10)12(15)8-11-4-2-3-7-16-11;/h10-11,13H,2-9H2,1H3;1H/t10-,11?;/m0./s1. The summed E-state index contributed by atoms with van der Waals surface area (Å²) in [6.07, 6.45) is 4.15. The van der Waals surface area contributed by atoms with Crippen molar-refractivity contribution >= 4 is 18.3 Å². The van der Waals surface area contributed by atoms with Gasteiger partial charge < -0.3 is 15.0 Å². The van der Waals surface area contributed by atoms with Crippen LogP contribution in [0.2, 0.25) is 0 Å². The molecular formula is C12H23ClN2O2. The van der Waals surface area contributed by atoms with E-state index in [0.29, 0.717) is 12.5 Å². The number of hydrogen-bond acceptors (Lipinski definition) is 3. The molecule has 2 saturated heterocycles. The fourth-order valence-electron chi connectivity index (χ4n) is 2.45. The number of ether oxygens (including phenoxy) is 1. The van der Waals surface area contributed by atoms with Crippen molar-refractivity contribution in [1.82, 2.24) is 10.2 Å². The Morgan fingerprint density at radius 3 is 2.94 bits per heavy atom. The lowest BCUT2D eigenvalue weighted by Gasteiger charge is -2.33. The highest BCUT2D eigenvalue weighted by Crippen LogP contribution is 2.17. The molecule has 2 atom stereocenters. The molecule has 5 heteroatoms. The van der Waals surface area contributed by atoms with Crippen molar-refractivity contribution < 1.29 is 9.53 Å². The molecule has 100 valence electrons. The minimum atomic E-state index is 0. The summed E-state index contributed by atoms with van der Waals surface area (Å²) in [6, 6.07) is 0.421. The smallest absolute Gasteiger partial charge is 0.225 e. The van der Waals surface area contributed by atoms with Crippen molar-refractivity contribution in [2.45, 2.75) is 44.8 Å². The van der Waals surface area contributed by atoms with E-state index < -0.39 is 0 Å². The quantitative estimate of drug-likeness (QED) is 0.813. The van der Waals surface area contributed by atoms with Gasteiger partial charge in [0.2, 0.25) is 5.91 Å². The Labute approximate surface area is 109 Å². The van der Waals surface area contributed by atoms with E-state index in [-0.39, 0.29) is 24.4 Å². The van der Waals surface area contributed by atoms with Gasteiger partial charge in [0.15, 0.2) is 0 Å². The van der Waals surface area contributed by atoms with Crippen LogP contribution in [0.3, 0.4) is 0 Å². The number of carbonyl (C=O) groups excluding carboxylic acids is 1. The zero-order chi connectivity index (χ0) is 11.4. The molecule has 0 radical (unpaired) electrons. The van der Waals surface area contributed by atoms with Crippen LogP contribution in [0.25, 0.3) is 0 Å². The van der Waals surface area contributed by atoms with Crippen molar-refractivity contribution in [2.75, 3.05) is 26.2 Å². The van der Waals surface area contributed by atoms with Crippen molar-refractivity contribution in [1.29, 1.82) is 0 Å². The van der Waals surface area contributed by atoms with Gasteiger partial charge in [0.25, 0.3) is 0 Å². The summed E-state index contributed by atoms with van der Waals surface area (Å²) < 4.78 is 5.60. The molecule has 2 aliphatic rings. The Bertz CT molecular complexity index is 245. The molecule has 0 aromatic carbocycles. The van der Waals surface area contributed by atoms with E-state index in [1.807, 2.05) is 4.90 Å². The second kappa shape index (κ2) is 7.19. The molecule has 1 N–H and O–H groups in total. The van der Waals surface area contributed by atoms with Crippen molar-refractivity contribution in [3.63, 3.8) is 0 Å². The lowest BCUT2D eigenvalue weighted by Crippen LogP contribution is -2.51. The Kier molecular flexibility index (Phi) is 6.23. The highest BCUT2D eigenvalue weighted by Gasteiger charge is 2.24. The third-order valence-electron chi connectivity index (χ3n) is 3.40. The first-order valence-corrected chi connectivity index (χ1v) is 6.38. The van der Waals surface area contributed by atoms with E-state index in [1.54, 1.807) is 0 Å². The molecule has 2 heterocycles. The van der Waals surface area contributed by atoms with E-state index in [1.165, 1.54) is 6.42 Å². The lowest BCUT2D eigenvalue weighted by molar-refractivity contribution is -0.136. The zero-order valence-corrected chi connectivity index (χ0v) is 11.3. The van der Waals surface area contributed by atoms with Gasteiger partial charge in [-0.15, -0.1) is 12.4 Å². The minimum Gasteiger partial charge on any atom is -0.378 e. The Morgan fingerprint density at radius 1 is 1.47 bits per heavy atom. The van der Waals surface area contributed by atoms with Crippen LogP contribution in [-0.2, 0) is 9.53 Å². The third kappa shape index (κ3) is 4.45. The van der Waals surface area contributed by atoms with E-state index >= 15 is 0 Å². The molecule has 0 bridgehead atoms. The molecule has 0 aliphatic carbocycles. The average molecular weight is 263 g/mol. The summed E-state index contributed by atoms with van der Waals surface area (Å²) in [5.41, 5.74) is 0. The van der Waals surface area contributed by atoms with Gasteiger partial charge >= 0.3 is 0 Å².